The van der Waals surface area contributed by atoms with Crippen molar-refractivity contribution in [1.82, 2.24) is 0 Å². The smallest absolute Gasteiger partial charge is 0.0971 e. The van der Waals surface area contributed by atoms with Gasteiger partial charge < -0.3 is 10.4 Å². The molecule has 1 aromatic rings. The van der Waals surface area contributed by atoms with Gasteiger partial charge in [-0.1, -0.05) is 12.1 Å². The number of rotatable bonds is 3. The second-order valence-electron chi connectivity index (χ2n) is 2.81. The first-order chi connectivity index (χ1) is 6.80. The first-order valence-electron chi connectivity index (χ1n) is 4.29. The molecular weight excluding hydrogens is 176 g/mol. The molecule has 0 radical (unpaired) electrons. The Labute approximate surface area is 83.3 Å². The summed E-state index contributed by atoms with van der Waals surface area (Å²) >= 11 is 0. The molecule has 1 rings (SSSR count). The quantitative estimate of drug-likeness (QED) is 0.709. The fraction of sp³-hybridized carbons (Fsp3) is 0.182. The van der Waals surface area contributed by atoms with Crippen LogP contribution in [0.1, 0.15) is 5.56 Å². The zero-order chi connectivity index (χ0) is 10.4. The van der Waals surface area contributed by atoms with Crippen LogP contribution in [0, 0.1) is 11.3 Å². The van der Waals surface area contributed by atoms with E-state index in [9.17, 15) is 0 Å². The summed E-state index contributed by atoms with van der Waals surface area (Å²) in [5, 5.41) is 20.4. The summed E-state index contributed by atoms with van der Waals surface area (Å²) in [6.07, 6.45) is 1.67. The predicted molar refractivity (Wildman–Crippen MR) is 56.7 cm³/mol. The van der Waals surface area contributed by atoms with E-state index >= 15 is 0 Å². The lowest BCUT2D eigenvalue weighted by Gasteiger charge is -1.99. The van der Waals surface area contributed by atoms with E-state index in [-0.39, 0.29) is 6.61 Å². The Hall–Kier alpha value is -1.79. The first-order valence-corrected chi connectivity index (χ1v) is 4.29. The zero-order valence-electron chi connectivity index (χ0n) is 7.99. The van der Waals surface area contributed by atoms with Crippen LogP contribution in [-0.2, 0) is 0 Å². The second kappa shape index (κ2) is 5.05. The molecule has 0 heterocycles. The third kappa shape index (κ3) is 2.61. The lowest BCUT2D eigenvalue weighted by atomic mass is 10.1. The summed E-state index contributed by atoms with van der Waals surface area (Å²) in [5.74, 6) is 0. The summed E-state index contributed by atoms with van der Waals surface area (Å²) in [6, 6.07) is 9.53. The van der Waals surface area contributed by atoms with E-state index in [4.69, 9.17) is 10.4 Å². The molecule has 3 nitrogen and oxygen atoms in total. The second-order valence-corrected chi connectivity index (χ2v) is 2.81. The van der Waals surface area contributed by atoms with E-state index in [1.165, 1.54) is 0 Å². The minimum absolute atomic E-state index is 0.218. The molecule has 72 valence electrons. The van der Waals surface area contributed by atoms with E-state index in [1.54, 1.807) is 6.08 Å². The van der Waals surface area contributed by atoms with Crippen LogP contribution in [0.15, 0.2) is 29.8 Å². The topological polar surface area (TPSA) is 56.0 Å². The number of benzene rings is 1. The minimum Gasteiger partial charge on any atom is -0.391 e. The van der Waals surface area contributed by atoms with Crippen LogP contribution in [0.3, 0.4) is 0 Å². The molecule has 0 aliphatic rings. The van der Waals surface area contributed by atoms with Gasteiger partial charge in [-0.2, -0.15) is 5.26 Å². The monoisotopic (exact) mass is 188 g/mol. The van der Waals surface area contributed by atoms with Crippen molar-refractivity contribution in [2.24, 2.45) is 0 Å². The molecule has 0 aliphatic heterocycles. The highest BCUT2D eigenvalue weighted by Crippen LogP contribution is 2.11. The first kappa shape index (κ1) is 10.3. The van der Waals surface area contributed by atoms with Gasteiger partial charge in [-0.05, 0) is 23.8 Å². The molecule has 2 N–H and O–H groups in total. The van der Waals surface area contributed by atoms with Gasteiger partial charge in [-0.15, -0.1) is 0 Å². The predicted octanol–water partition coefficient (Wildman–Crippen LogP) is 1.63. The third-order valence-electron chi connectivity index (χ3n) is 1.85. The van der Waals surface area contributed by atoms with Gasteiger partial charge in [0.2, 0.25) is 0 Å². The molecular formula is C11H12N2O. The standard InChI is InChI=1S/C11H12N2O/c1-13-11-4-2-9(3-5-11)6-10(7-12)8-14/h2-6,13-14H,8H2,1H3/b10-6+. The van der Waals surface area contributed by atoms with Gasteiger partial charge in [-0.25, -0.2) is 0 Å². The maximum atomic E-state index is 8.78. The van der Waals surface area contributed by atoms with Gasteiger partial charge in [-0.3, -0.25) is 0 Å². The van der Waals surface area contributed by atoms with E-state index < -0.39 is 0 Å². The molecule has 0 bridgehead atoms. The molecule has 0 saturated heterocycles. The van der Waals surface area contributed by atoms with Crippen molar-refractivity contribution in [2.45, 2.75) is 0 Å². The van der Waals surface area contributed by atoms with Gasteiger partial charge in [0.15, 0.2) is 0 Å². The SMILES string of the molecule is CNc1ccc(/C=C(\C#N)CO)cc1. The van der Waals surface area contributed by atoms with Gasteiger partial charge in [0.25, 0.3) is 0 Å². The summed E-state index contributed by atoms with van der Waals surface area (Å²) in [6.45, 7) is -0.218. The molecule has 0 aliphatic carbocycles. The zero-order valence-corrected chi connectivity index (χ0v) is 7.99. The summed E-state index contributed by atoms with van der Waals surface area (Å²) in [5.41, 5.74) is 2.29. The summed E-state index contributed by atoms with van der Waals surface area (Å²) < 4.78 is 0. The van der Waals surface area contributed by atoms with E-state index in [0.29, 0.717) is 5.57 Å². The molecule has 0 amide bonds. The number of anilines is 1. The van der Waals surface area contributed by atoms with Crippen LogP contribution in [-0.4, -0.2) is 18.8 Å². The maximum absolute atomic E-state index is 8.78. The van der Waals surface area contributed by atoms with Crippen molar-refractivity contribution in [2.75, 3.05) is 19.0 Å². The highest BCUT2D eigenvalue weighted by Gasteiger charge is 1.94. The molecule has 1 aromatic carbocycles. The van der Waals surface area contributed by atoms with Crippen LogP contribution in [0.4, 0.5) is 5.69 Å². The minimum atomic E-state index is -0.218. The van der Waals surface area contributed by atoms with Crippen molar-refractivity contribution >= 4 is 11.8 Å². The molecule has 0 unspecified atom stereocenters. The Kier molecular flexibility index (Phi) is 3.71. The molecule has 3 heteroatoms. The Morgan fingerprint density at radius 1 is 1.50 bits per heavy atom. The van der Waals surface area contributed by atoms with Crippen molar-refractivity contribution in [3.8, 4) is 6.07 Å². The Balaban J connectivity index is 2.88. The Morgan fingerprint density at radius 3 is 2.57 bits per heavy atom. The number of nitrogens with zero attached hydrogens (tertiary/aromatic N) is 1. The van der Waals surface area contributed by atoms with E-state index in [0.717, 1.165) is 11.3 Å². The number of aliphatic hydroxyl groups is 1. The fourth-order valence-corrected chi connectivity index (χ4v) is 1.06. The molecule has 0 saturated carbocycles. The van der Waals surface area contributed by atoms with Crippen LogP contribution in [0.25, 0.3) is 6.08 Å². The van der Waals surface area contributed by atoms with Gasteiger partial charge in [0.1, 0.15) is 0 Å². The van der Waals surface area contributed by atoms with Crippen molar-refractivity contribution in [3.05, 3.63) is 35.4 Å². The number of hydrogen-bond donors (Lipinski definition) is 2. The van der Waals surface area contributed by atoms with Crippen LogP contribution in [0.2, 0.25) is 0 Å². The average Bonchev–Trinajstić information content (AvgIpc) is 2.26. The summed E-state index contributed by atoms with van der Waals surface area (Å²) in [4.78, 5) is 0. The van der Waals surface area contributed by atoms with Crippen LogP contribution < -0.4 is 5.32 Å². The largest absolute Gasteiger partial charge is 0.391 e. The lowest BCUT2D eigenvalue weighted by molar-refractivity contribution is 0.337. The molecule has 14 heavy (non-hydrogen) atoms. The van der Waals surface area contributed by atoms with Crippen LogP contribution in [0.5, 0.6) is 0 Å². The number of hydrogen-bond acceptors (Lipinski definition) is 3. The van der Waals surface area contributed by atoms with Gasteiger partial charge >= 0.3 is 0 Å². The third-order valence-corrected chi connectivity index (χ3v) is 1.85. The van der Waals surface area contributed by atoms with Gasteiger partial charge in [0, 0.05) is 12.7 Å². The highest BCUT2D eigenvalue weighted by atomic mass is 16.3. The van der Waals surface area contributed by atoms with Crippen LogP contribution >= 0.6 is 0 Å². The molecule has 0 atom stereocenters. The molecule has 0 aromatic heterocycles. The molecule has 0 fully saturated rings. The summed E-state index contributed by atoms with van der Waals surface area (Å²) in [7, 11) is 1.85. The van der Waals surface area contributed by atoms with Crippen molar-refractivity contribution in [1.29, 1.82) is 5.26 Å². The van der Waals surface area contributed by atoms with E-state index in [2.05, 4.69) is 5.32 Å². The van der Waals surface area contributed by atoms with E-state index in [1.807, 2.05) is 37.4 Å². The molecule has 0 spiro atoms. The van der Waals surface area contributed by atoms with Crippen molar-refractivity contribution < 1.29 is 5.11 Å². The average molecular weight is 188 g/mol. The van der Waals surface area contributed by atoms with Gasteiger partial charge in [0.05, 0.1) is 18.2 Å². The normalized spacial score (nSPS) is 10.8. The van der Waals surface area contributed by atoms with Crippen molar-refractivity contribution in [3.63, 3.8) is 0 Å². The maximum Gasteiger partial charge on any atom is 0.0971 e. The fourth-order valence-electron chi connectivity index (χ4n) is 1.06. The highest BCUT2D eigenvalue weighted by molar-refractivity contribution is 5.59. The Bertz CT molecular complexity index is 360. The number of nitrogens with one attached hydrogen (secondary N) is 1. The number of aliphatic hydroxyl groups excluding tert-OH is 1. The number of nitriles is 1. The Morgan fingerprint density at radius 2 is 2.14 bits per heavy atom. The lowest BCUT2D eigenvalue weighted by Crippen LogP contribution is -1.88.